The Morgan fingerprint density at radius 3 is 2.91 bits per heavy atom. The smallest absolute Gasteiger partial charge is 0.416 e. The highest BCUT2D eigenvalue weighted by Crippen LogP contribution is 2.36. The Kier molecular flexibility index (Phi) is 6.47. The Labute approximate surface area is 189 Å². The number of nitrogens with zero attached hydrogens (tertiary/aromatic N) is 1. The molecule has 32 heavy (non-hydrogen) atoms. The summed E-state index contributed by atoms with van der Waals surface area (Å²) in [6.07, 6.45) is -1.61. The Balaban J connectivity index is 1.41. The quantitative estimate of drug-likeness (QED) is 0.506. The average Bonchev–Trinajstić information content (AvgIpc) is 3.29. The van der Waals surface area contributed by atoms with Crippen LogP contribution in [0.4, 0.5) is 18.9 Å². The molecule has 0 fully saturated rings. The van der Waals surface area contributed by atoms with Crippen molar-refractivity contribution in [1.82, 2.24) is 9.97 Å². The minimum atomic E-state index is -4.53. The first-order chi connectivity index (χ1) is 15.3. The van der Waals surface area contributed by atoms with E-state index in [1.54, 1.807) is 18.3 Å². The molecule has 2 aromatic heterocycles. The van der Waals surface area contributed by atoms with Gasteiger partial charge in [0.05, 0.1) is 34.7 Å². The van der Waals surface area contributed by atoms with Crippen LogP contribution in [0.2, 0.25) is 0 Å². The molecule has 0 unspecified atom stereocenters. The fourth-order valence-electron chi connectivity index (χ4n) is 3.63. The number of aromatic amines is 1. The first kappa shape index (κ1) is 22.7. The number of ether oxygens (including phenoxy) is 1. The second-order valence-electron chi connectivity index (χ2n) is 7.23. The number of amides is 1. The van der Waals surface area contributed by atoms with Crippen molar-refractivity contribution in [2.45, 2.75) is 38.1 Å². The molecule has 170 valence electrons. The molecule has 0 aliphatic heterocycles. The summed E-state index contributed by atoms with van der Waals surface area (Å²) < 4.78 is 44.4. The Hall–Kier alpha value is -2.53. The van der Waals surface area contributed by atoms with Gasteiger partial charge in [0.1, 0.15) is 16.4 Å². The van der Waals surface area contributed by atoms with Gasteiger partial charge < -0.3 is 15.0 Å². The third-order valence-corrected chi connectivity index (χ3v) is 7.11. The zero-order chi connectivity index (χ0) is 22.9. The van der Waals surface area contributed by atoms with Gasteiger partial charge in [-0.15, -0.1) is 23.1 Å². The lowest BCUT2D eigenvalue weighted by molar-refractivity contribution is -0.137. The molecule has 0 saturated heterocycles. The van der Waals surface area contributed by atoms with Crippen LogP contribution in [0.5, 0.6) is 5.75 Å². The second kappa shape index (κ2) is 9.14. The number of H-pyrrole nitrogens is 1. The highest BCUT2D eigenvalue weighted by Gasteiger charge is 2.31. The second-order valence-corrected chi connectivity index (χ2v) is 9.30. The number of fused-ring (bicyclic) bond motifs is 3. The Morgan fingerprint density at radius 2 is 2.16 bits per heavy atom. The molecule has 0 radical (unpaired) electrons. The van der Waals surface area contributed by atoms with Crippen molar-refractivity contribution in [3.63, 3.8) is 0 Å². The summed E-state index contributed by atoms with van der Waals surface area (Å²) >= 11 is 2.75. The number of hydrogen-bond donors (Lipinski definition) is 2. The van der Waals surface area contributed by atoms with E-state index < -0.39 is 17.6 Å². The van der Waals surface area contributed by atoms with Crippen LogP contribution >= 0.6 is 23.1 Å². The van der Waals surface area contributed by atoms with Crippen molar-refractivity contribution in [2.75, 3.05) is 17.7 Å². The van der Waals surface area contributed by atoms with Crippen LogP contribution in [-0.2, 0) is 29.6 Å². The molecule has 2 N–H and O–H groups in total. The van der Waals surface area contributed by atoms with Crippen molar-refractivity contribution in [2.24, 2.45) is 0 Å². The fourth-order valence-corrected chi connectivity index (χ4v) is 5.60. The normalized spacial score (nSPS) is 13.4. The molecule has 11 heteroatoms. The number of aryl methyl sites for hydroxylation is 2. The topological polar surface area (TPSA) is 84.1 Å². The molecule has 6 nitrogen and oxygen atoms in total. The Bertz CT molecular complexity index is 1220. The summed E-state index contributed by atoms with van der Waals surface area (Å²) in [4.78, 5) is 34.1. The molecular formula is C21H20F3N3O3S2. The molecule has 1 aliphatic rings. The van der Waals surface area contributed by atoms with Gasteiger partial charge in [0.15, 0.2) is 0 Å². The zero-order valence-corrected chi connectivity index (χ0v) is 18.7. The summed E-state index contributed by atoms with van der Waals surface area (Å²) in [5, 5.41) is 3.15. The van der Waals surface area contributed by atoms with E-state index in [1.807, 2.05) is 0 Å². The van der Waals surface area contributed by atoms with Crippen LogP contribution in [-0.4, -0.2) is 28.2 Å². The number of nitrogens with one attached hydrogen (secondary N) is 2. The van der Waals surface area contributed by atoms with Crippen LogP contribution in [0.1, 0.15) is 35.2 Å². The van der Waals surface area contributed by atoms with E-state index in [2.05, 4.69) is 15.3 Å². The number of anilines is 1. The number of alkyl halides is 3. The number of carbonyl (C=O) groups is 1. The van der Waals surface area contributed by atoms with Crippen LogP contribution < -0.4 is 15.6 Å². The summed E-state index contributed by atoms with van der Waals surface area (Å²) in [6, 6.07) is 2.96. The van der Waals surface area contributed by atoms with Gasteiger partial charge in [0.2, 0.25) is 5.91 Å². The van der Waals surface area contributed by atoms with Crippen molar-refractivity contribution < 1.29 is 22.7 Å². The molecule has 0 saturated carbocycles. The van der Waals surface area contributed by atoms with Gasteiger partial charge in [0, 0.05) is 4.88 Å². The van der Waals surface area contributed by atoms with Crippen molar-refractivity contribution in [1.29, 1.82) is 0 Å². The zero-order valence-electron chi connectivity index (χ0n) is 17.1. The van der Waals surface area contributed by atoms with E-state index in [0.29, 0.717) is 21.8 Å². The van der Waals surface area contributed by atoms with Crippen molar-refractivity contribution in [3.05, 3.63) is 50.4 Å². The number of benzene rings is 1. The Morgan fingerprint density at radius 1 is 1.34 bits per heavy atom. The summed E-state index contributed by atoms with van der Waals surface area (Å²) in [5.41, 5.74) is 0.0263. The van der Waals surface area contributed by atoms with Crippen LogP contribution in [0.3, 0.4) is 0 Å². The molecule has 0 atom stereocenters. The lowest BCUT2D eigenvalue weighted by Gasteiger charge is -2.14. The van der Waals surface area contributed by atoms with E-state index in [-0.39, 0.29) is 29.4 Å². The van der Waals surface area contributed by atoms with E-state index in [0.717, 1.165) is 37.0 Å². The maximum atomic E-state index is 13.0. The van der Waals surface area contributed by atoms with Gasteiger partial charge in [-0.1, -0.05) is 0 Å². The van der Waals surface area contributed by atoms with E-state index in [9.17, 15) is 22.8 Å². The van der Waals surface area contributed by atoms with Crippen molar-refractivity contribution >= 4 is 44.9 Å². The van der Waals surface area contributed by atoms with Gasteiger partial charge in [-0.3, -0.25) is 9.59 Å². The number of halogens is 3. The molecule has 0 bridgehead atoms. The van der Waals surface area contributed by atoms with Gasteiger partial charge in [-0.05, 0) is 49.9 Å². The average molecular weight is 484 g/mol. The van der Waals surface area contributed by atoms with Gasteiger partial charge in [0.25, 0.3) is 5.56 Å². The molecule has 1 aromatic carbocycles. The third-order valence-electron chi connectivity index (χ3n) is 4.98. The molecule has 4 rings (SSSR count). The van der Waals surface area contributed by atoms with Gasteiger partial charge in [-0.2, -0.15) is 13.2 Å². The molecule has 1 aliphatic carbocycles. The van der Waals surface area contributed by atoms with Crippen molar-refractivity contribution in [3.8, 4) is 5.75 Å². The lowest BCUT2D eigenvalue weighted by Crippen LogP contribution is -2.17. The maximum absolute atomic E-state index is 13.0. The molecule has 2 heterocycles. The van der Waals surface area contributed by atoms with Crippen LogP contribution in [0.25, 0.3) is 10.2 Å². The van der Waals surface area contributed by atoms with Gasteiger partial charge in [-0.25, -0.2) is 4.98 Å². The highest BCUT2D eigenvalue weighted by atomic mass is 32.2. The number of hydrogen-bond acceptors (Lipinski definition) is 6. The molecule has 1 amide bonds. The minimum Gasteiger partial charge on any atom is -0.492 e. The summed E-state index contributed by atoms with van der Waals surface area (Å²) in [7, 11) is 0. The standard InChI is InChI=1S/C21H20F3N3O3S2/c1-2-30-14-7-6-11(21(22,23)24)8-13(14)25-17(28)10-31-9-16-26-19(29)18-12-4-3-5-15(12)32-20(18)27-16/h6-8H,2-5,9-10H2,1H3,(H,25,28)(H,26,27,29). The predicted molar refractivity (Wildman–Crippen MR) is 120 cm³/mol. The first-order valence-electron chi connectivity index (χ1n) is 10.0. The fraction of sp³-hybridized carbons (Fsp3) is 0.381. The largest absolute Gasteiger partial charge is 0.492 e. The monoisotopic (exact) mass is 483 g/mol. The predicted octanol–water partition coefficient (Wildman–Crippen LogP) is 4.76. The van der Waals surface area contributed by atoms with E-state index >= 15 is 0 Å². The molecular weight excluding hydrogens is 463 g/mol. The minimum absolute atomic E-state index is 0.0233. The molecule has 0 spiro atoms. The van der Waals surface area contributed by atoms with Gasteiger partial charge >= 0.3 is 6.18 Å². The van der Waals surface area contributed by atoms with Crippen LogP contribution in [0.15, 0.2) is 23.0 Å². The number of thioether (sulfide) groups is 1. The van der Waals surface area contributed by atoms with E-state index in [4.69, 9.17) is 4.74 Å². The maximum Gasteiger partial charge on any atom is 0.416 e. The number of carbonyl (C=O) groups excluding carboxylic acids is 1. The lowest BCUT2D eigenvalue weighted by atomic mass is 10.1. The third kappa shape index (κ3) is 4.78. The summed E-state index contributed by atoms with van der Waals surface area (Å²) in [6.45, 7) is 1.95. The SMILES string of the molecule is CCOc1ccc(C(F)(F)F)cc1NC(=O)CSCc1nc2sc3c(c2c(=O)[nH]1)CCC3. The number of thiophene rings is 1. The van der Waals surface area contributed by atoms with Crippen LogP contribution in [0, 0.1) is 0 Å². The molecule has 3 aromatic rings. The number of rotatable bonds is 7. The highest BCUT2D eigenvalue weighted by molar-refractivity contribution is 7.99. The van der Waals surface area contributed by atoms with E-state index in [1.165, 1.54) is 22.7 Å². The summed E-state index contributed by atoms with van der Waals surface area (Å²) in [5.74, 6) is 0.427. The first-order valence-corrected chi connectivity index (χ1v) is 12.0. The number of aromatic nitrogens is 2.